The number of H-pyrrole nitrogens is 1. The van der Waals surface area contributed by atoms with Gasteiger partial charge in [-0.15, -0.1) is 0 Å². The summed E-state index contributed by atoms with van der Waals surface area (Å²) in [6, 6.07) is 0. The van der Waals surface area contributed by atoms with Gasteiger partial charge in [-0.2, -0.15) is 0 Å². The third-order valence-electron chi connectivity index (χ3n) is 4.47. The SMILES string of the molecule is CCc1nc(CN2CCN(c3nc(C)cnc3C)CC2)c(C)[nH]1. The number of piperazine rings is 1. The quantitative estimate of drug-likeness (QED) is 0.935. The van der Waals surface area contributed by atoms with Gasteiger partial charge in [-0.25, -0.2) is 9.97 Å². The fraction of sp³-hybridized carbons (Fsp3) is 0.588. The molecule has 2 aromatic rings. The van der Waals surface area contributed by atoms with Crippen molar-refractivity contribution in [1.29, 1.82) is 0 Å². The first kappa shape index (κ1) is 15.9. The summed E-state index contributed by atoms with van der Waals surface area (Å²) in [5, 5.41) is 0. The van der Waals surface area contributed by atoms with E-state index in [2.05, 4.69) is 38.6 Å². The molecule has 0 saturated carbocycles. The number of nitrogens with one attached hydrogen (secondary N) is 1. The average Bonchev–Trinajstić information content (AvgIpc) is 2.91. The Bertz CT molecular complexity index is 670. The van der Waals surface area contributed by atoms with Crippen molar-refractivity contribution in [3.05, 3.63) is 34.8 Å². The van der Waals surface area contributed by atoms with Gasteiger partial charge in [0, 0.05) is 51.0 Å². The number of nitrogens with zero attached hydrogens (tertiary/aromatic N) is 5. The molecule has 6 nitrogen and oxygen atoms in total. The molecule has 6 heteroatoms. The summed E-state index contributed by atoms with van der Waals surface area (Å²) in [5.41, 5.74) is 4.37. The van der Waals surface area contributed by atoms with Crippen LogP contribution in [0.3, 0.4) is 0 Å². The molecule has 23 heavy (non-hydrogen) atoms. The Morgan fingerprint density at radius 3 is 2.48 bits per heavy atom. The fourth-order valence-electron chi connectivity index (χ4n) is 3.04. The van der Waals surface area contributed by atoms with Crippen molar-refractivity contribution in [3.63, 3.8) is 0 Å². The monoisotopic (exact) mass is 314 g/mol. The van der Waals surface area contributed by atoms with Crippen LogP contribution in [-0.4, -0.2) is 51.0 Å². The van der Waals surface area contributed by atoms with Crippen molar-refractivity contribution in [1.82, 2.24) is 24.8 Å². The van der Waals surface area contributed by atoms with Gasteiger partial charge in [0.05, 0.1) is 17.1 Å². The lowest BCUT2D eigenvalue weighted by molar-refractivity contribution is 0.246. The number of hydrogen-bond donors (Lipinski definition) is 1. The molecular weight excluding hydrogens is 288 g/mol. The van der Waals surface area contributed by atoms with E-state index in [1.54, 1.807) is 0 Å². The van der Waals surface area contributed by atoms with E-state index in [1.165, 1.54) is 11.4 Å². The van der Waals surface area contributed by atoms with Crippen LogP contribution in [0.4, 0.5) is 5.82 Å². The smallest absolute Gasteiger partial charge is 0.150 e. The second-order valence-electron chi connectivity index (χ2n) is 6.29. The average molecular weight is 314 g/mol. The van der Waals surface area contributed by atoms with Crippen molar-refractivity contribution in [2.75, 3.05) is 31.1 Å². The van der Waals surface area contributed by atoms with Gasteiger partial charge in [0.1, 0.15) is 11.6 Å². The van der Waals surface area contributed by atoms with E-state index in [0.717, 1.165) is 62.2 Å². The molecule has 0 aromatic carbocycles. The van der Waals surface area contributed by atoms with E-state index in [1.807, 2.05) is 20.0 Å². The van der Waals surface area contributed by atoms with Crippen LogP contribution in [0.2, 0.25) is 0 Å². The molecule has 0 bridgehead atoms. The molecular formula is C17H26N6. The lowest BCUT2D eigenvalue weighted by Gasteiger charge is -2.35. The molecule has 1 aliphatic heterocycles. The maximum atomic E-state index is 4.69. The molecule has 0 amide bonds. The van der Waals surface area contributed by atoms with Crippen molar-refractivity contribution in [2.24, 2.45) is 0 Å². The molecule has 0 unspecified atom stereocenters. The molecule has 1 saturated heterocycles. The van der Waals surface area contributed by atoms with E-state index < -0.39 is 0 Å². The minimum Gasteiger partial charge on any atom is -0.353 e. The van der Waals surface area contributed by atoms with Gasteiger partial charge >= 0.3 is 0 Å². The highest BCUT2D eigenvalue weighted by Crippen LogP contribution is 2.18. The maximum Gasteiger partial charge on any atom is 0.150 e. The Morgan fingerprint density at radius 2 is 1.83 bits per heavy atom. The summed E-state index contributed by atoms with van der Waals surface area (Å²) in [7, 11) is 0. The minimum absolute atomic E-state index is 0.925. The standard InChI is InChI=1S/C17H26N6/c1-5-16-20-13(3)15(21-16)11-22-6-8-23(9-7-22)17-14(4)18-10-12(2)19-17/h10H,5-9,11H2,1-4H3,(H,20,21). The van der Waals surface area contributed by atoms with Gasteiger partial charge in [-0.3, -0.25) is 9.88 Å². The normalized spacial score (nSPS) is 16.1. The highest BCUT2D eigenvalue weighted by molar-refractivity contribution is 5.43. The van der Waals surface area contributed by atoms with Gasteiger partial charge in [-0.1, -0.05) is 6.92 Å². The van der Waals surface area contributed by atoms with Crippen molar-refractivity contribution in [3.8, 4) is 0 Å². The number of aromatic nitrogens is 4. The Hall–Kier alpha value is -1.95. The molecule has 1 aliphatic rings. The van der Waals surface area contributed by atoms with E-state index in [4.69, 9.17) is 4.98 Å². The van der Waals surface area contributed by atoms with Crippen LogP contribution in [0.5, 0.6) is 0 Å². The number of aryl methyl sites for hydroxylation is 4. The number of imidazole rings is 1. The molecule has 0 atom stereocenters. The maximum absolute atomic E-state index is 4.69. The zero-order valence-corrected chi connectivity index (χ0v) is 14.6. The molecule has 1 N–H and O–H groups in total. The lowest BCUT2D eigenvalue weighted by atomic mass is 10.2. The Balaban J connectivity index is 1.62. The van der Waals surface area contributed by atoms with Gasteiger partial charge in [0.25, 0.3) is 0 Å². The zero-order chi connectivity index (χ0) is 16.4. The second kappa shape index (κ2) is 6.66. The summed E-state index contributed by atoms with van der Waals surface area (Å²) >= 11 is 0. The van der Waals surface area contributed by atoms with Crippen LogP contribution in [0.1, 0.15) is 35.5 Å². The number of hydrogen-bond acceptors (Lipinski definition) is 5. The summed E-state index contributed by atoms with van der Waals surface area (Å²) in [6.07, 6.45) is 2.79. The molecule has 0 radical (unpaired) electrons. The number of anilines is 1. The fourth-order valence-corrected chi connectivity index (χ4v) is 3.04. The topological polar surface area (TPSA) is 60.9 Å². The summed E-state index contributed by atoms with van der Waals surface area (Å²) in [6.45, 7) is 13.2. The lowest BCUT2D eigenvalue weighted by Crippen LogP contribution is -2.46. The predicted molar refractivity (Wildman–Crippen MR) is 91.7 cm³/mol. The van der Waals surface area contributed by atoms with Crippen LogP contribution in [0, 0.1) is 20.8 Å². The van der Waals surface area contributed by atoms with Gasteiger partial charge < -0.3 is 9.88 Å². The van der Waals surface area contributed by atoms with Crippen molar-refractivity contribution < 1.29 is 0 Å². The van der Waals surface area contributed by atoms with E-state index >= 15 is 0 Å². The molecule has 3 rings (SSSR count). The largest absolute Gasteiger partial charge is 0.353 e. The highest BCUT2D eigenvalue weighted by atomic mass is 15.3. The molecule has 0 aliphatic carbocycles. The number of rotatable bonds is 4. The molecule has 2 aromatic heterocycles. The van der Waals surface area contributed by atoms with Crippen molar-refractivity contribution in [2.45, 2.75) is 40.7 Å². The predicted octanol–water partition coefficient (Wildman–Crippen LogP) is 2.01. The van der Waals surface area contributed by atoms with Crippen LogP contribution >= 0.6 is 0 Å². The highest BCUT2D eigenvalue weighted by Gasteiger charge is 2.21. The van der Waals surface area contributed by atoms with Crippen LogP contribution in [0.15, 0.2) is 6.20 Å². The van der Waals surface area contributed by atoms with Crippen molar-refractivity contribution >= 4 is 5.82 Å². The first-order valence-electron chi connectivity index (χ1n) is 8.38. The van der Waals surface area contributed by atoms with E-state index in [0.29, 0.717) is 0 Å². The van der Waals surface area contributed by atoms with Crippen LogP contribution in [-0.2, 0) is 13.0 Å². The van der Waals surface area contributed by atoms with Crippen LogP contribution in [0.25, 0.3) is 0 Å². The summed E-state index contributed by atoms with van der Waals surface area (Å²) in [5.74, 6) is 2.12. The molecule has 1 fully saturated rings. The molecule has 3 heterocycles. The Labute approximate surface area is 138 Å². The van der Waals surface area contributed by atoms with Crippen LogP contribution < -0.4 is 4.90 Å². The zero-order valence-electron chi connectivity index (χ0n) is 14.6. The first-order valence-corrected chi connectivity index (χ1v) is 8.38. The molecule has 124 valence electrons. The number of aromatic amines is 1. The Kier molecular flexibility index (Phi) is 4.61. The van der Waals surface area contributed by atoms with Gasteiger partial charge in [0.2, 0.25) is 0 Å². The Morgan fingerprint density at radius 1 is 1.09 bits per heavy atom. The summed E-state index contributed by atoms with van der Waals surface area (Å²) < 4.78 is 0. The minimum atomic E-state index is 0.925. The summed E-state index contributed by atoms with van der Waals surface area (Å²) in [4.78, 5) is 22.0. The third-order valence-corrected chi connectivity index (χ3v) is 4.47. The van der Waals surface area contributed by atoms with Gasteiger partial charge in [-0.05, 0) is 20.8 Å². The first-order chi connectivity index (χ1) is 11.1. The second-order valence-corrected chi connectivity index (χ2v) is 6.29. The van der Waals surface area contributed by atoms with E-state index in [9.17, 15) is 0 Å². The van der Waals surface area contributed by atoms with Gasteiger partial charge in [0.15, 0.2) is 0 Å². The van der Waals surface area contributed by atoms with E-state index in [-0.39, 0.29) is 0 Å². The molecule has 0 spiro atoms. The third kappa shape index (κ3) is 3.52.